The summed E-state index contributed by atoms with van der Waals surface area (Å²) in [6.45, 7) is 0. The Balaban J connectivity index is 2.40. The highest BCUT2D eigenvalue weighted by Crippen LogP contribution is 2.69. The summed E-state index contributed by atoms with van der Waals surface area (Å²) in [6, 6.07) is 4.06. The summed E-state index contributed by atoms with van der Waals surface area (Å²) in [6.07, 6.45) is 1.95. The van der Waals surface area contributed by atoms with Crippen LogP contribution in [0.25, 0.3) is 0 Å². The first-order chi connectivity index (χ1) is 9.06. The van der Waals surface area contributed by atoms with Crippen LogP contribution in [0.4, 0.5) is 5.82 Å². The van der Waals surface area contributed by atoms with E-state index in [4.69, 9.17) is 19.6 Å². The zero-order valence-corrected chi connectivity index (χ0v) is 11.8. The summed E-state index contributed by atoms with van der Waals surface area (Å²) in [4.78, 5) is 40.3. The largest absolute Gasteiger partial charge is 0.369 e. The van der Waals surface area contributed by atoms with Crippen molar-refractivity contribution >= 4 is 27.2 Å². The molecule has 20 heavy (non-hydrogen) atoms. The number of nitrogens with zero attached hydrogens (tertiary/aromatic N) is 2. The fraction of sp³-hybridized carbons (Fsp3) is 0.333. The van der Waals surface area contributed by atoms with E-state index in [0.717, 1.165) is 0 Å². The van der Waals surface area contributed by atoms with Crippen LogP contribution in [0.15, 0.2) is 29.4 Å². The topological polar surface area (TPSA) is 152 Å². The second kappa shape index (κ2) is 4.82. The molecular formula is C9H13N2O7P2+. The first-order valence-electron chi connectivity index (χ1n) is 5.44. The predicted octanol–water partition coefficient (Wildman–Crippen LogP) is -0.377. The maximum absolute atomic E-state index is 11.3. The van der Waals surface area contributed by atoms with Gasteiger partial charge in [0.2, 0.25) is 0 Å². The molecule has 0 radical (unpaired) electrons. The lowest BCUT2D eigenvalue weighted by atomic mass is 10.2. The Morgan fingerprint density at radius 3 is 2.35 bits per heavy atom. The molecule has 2 rings (SSSR count). The molecule has 0 saturated carbocycles. The van der Waals surface area contributed by atoms with Gasteiger partial charge in [-0.2, -0.15) is 0 Å². The van der Waals surface area contributed by atoms with E-state index in [1.165, 1.54) is 17.0 Å². The molecule has 0 aliphatic carbocycles. The van der Waals surface area contributed by atoms with Gasteiger partial charge in [-0.25, -0.2) is 4.57 Å². The van der Waals surface area contributed by atoms with Gasteiger partial charge in [-0.05, 0) is 11.1 Å². The quantitative estimate of drug-likeness (QED) is 0.374. The third kappa shape index (κ3) is 2.49. The third-order valence-electron chi connectivity index (χ3n) is 3.02. The fourth-order valence-electron chi connectivity index (χ4n) is 1.91. The van der Waals surface area contributed by atoms with Gasteiger partial charge in [0.05, 0.1) is 6.20 Å². The first kappa shape index (κ1) is 15.5. The lowest BCUT2D eigenvalue weighted by molar-refractivity contribution is -0.689. The van der Waals surface area contributed by atoms with Crippen molar-refractivity contribution in [3.8, 4) is 0 Å². The molecule has 5 N–H and O–H groups in total. The van der Waals surface area contributed by atoms with E-state index in [9.17, 15) is 14.2 Å². The molecule has 1 aromatic heterocycles. The number of fused-ring (bicyclic) bond motifs is 1. The van der Waals surface area contributed by atoms with E-state index in [0.29, 0.717) is 5.82 Å². The van der Waals surface area contributed by atoms with Crippen LogP contribution >= 0.6 is 15.2 Å². The molecule has 1 unspecified atom stereocenters. The van der Waals surface area contributed by atoms with E-state index in [1.807, 2.05) is 0 Å². The smallest absolute Gasteiger partial charge is 0.367 e. The SMILES string of the molecule is O=P(O)(O)C(O)(CC1C=Nc2cccc[n+]21)P(=O)(O)O. The predicted molar refractivity (Wildman–Crippen MR) is 67.5 cm³/mol. The normalized spacial score (nSPS) is 19.1. The first-order valence-corrected chi connectivity index (χ1v) is 8.67. The van der Waals surface area contributed by atoms with Crippen molar-refractivity contribution < 1.29 is 38.4 Å². The highest BCUT2D eigenvalue weighted by Gasteiger charge is 2.61. The molecule has 1 aromatic rings. The Bertz CT molecular complexity index is 627. The maximum atomic E-state index is 11.3. The lowest BCUT2D eigenvalue weighted by Gasteiger charge is -2.29. The van der Waals surface area contributed by atoms with Crippen LogP contribution < -0.4 is 4.57 Å². The zero-order valence-electron chi connectivity index (χ0n) is 10.0. The van der Waals surface area contributed by atoms with Gasteiger partial charge in [-0.3, -0.25) is 9.13 Å². The average molecular weight is 323 g/mol. The fourth-order valence-corrected chi connectivity index (χ4v) is 4.12. The molecule has 0 fully saturated rings. The molecule has 1 aliphatic rings. The van der Waals surface area contributed by atoms with E-state index >= 15 is 0 Å². The van der Waals surface area contributed by atoms with Crippen molar-refractivity contribution in [2.45, 2.75) is 17.5 Å². The second-order valence-corrected chi connectivity index (χ2v) is 8.39. The Morgan fingerprint density at radius 1 is 1.20 bits per heavy atom. The van der Waals surface area contributed by atoms with Crippen molar-refractivity contribution in [3.05, 3.63) is 24.4 Å². The molecule has 11 heteroatoms. The molecule has 1 atom stereocenters. The highest BCUT2D eigenvalue weighted by molar-refractivity contribution is 7.72. The average Bonchev–Trinajstić information content (AvgIpc) is 2.70. The van der Waals surface area contributed by atoms with Crippen molar-refractivity contribution in [1.29, 1.82) is 0 Å². The van der Waals surface area contributed by atoms with Gasteiger partial charge in [-0.15, -0.1) is 0 Å². The summed E-state index contributed by atoms with van der Waals surface area (Å²) in [7, 11) is -10.9. The number of aliphatic imine (C=N–C) groups is 1. The van der Waals surface area contributed by atoms with Gasteiger partial charge in [0.25, 0.3) is 5.08 Å². The molecule has 1 aliphatic heterocycles. The van der Waals surface area contributed by atoms with Gasteiger partial charge in [0.1, 0.15) is 0 Å². The molecule has 0 amide bonds. The van der Waals surface area contributed by atoms with Gasteiger partial charge in [0, 0.05) is 12.5 Å². The summed E-state index contributed by atoms with van der Waals surface area (Å²) >= 11 is 0. The van der Waals surface area contributed by atoms with Crippen LogP contribution in [0.1, 0.15) is 12.5 Å². The van der Waals surface area contributed by atoms with Crippen molar-refractivity contribution in [1.82, 2.24) is 0 Å². The van der Waals surface area contributed by atoms with Gasteiger partial charge in [0.15, 0.2) is 12.3 Å². The summed E-state index contributed by atoms with van der Waals surface area (Å²) in [5.74, 6) is 0.455. The van der Waals surface area contributed by atoms with Crippen LogP contribution in [0, 0.1) is 0 Å². The van der Waals surface area contributed by atoms with Gasteiger partial charge >= 0.3 is 21.0 Å². The van der Waals surface area contributed by atoms with E-state index < -0.39 is 32.7 Å². The third-order valence-corrected chi connectivity index (χ3v) is 6.81. The summed E-state index contributed by atoms with van der Waals surface area (Å²) in [5.41, 5.74) is 0. The number of aliphatic hydroxyl groups is 1. The summed E-state index contributed by atoms with van der Waals surface area (Å²) in [5, 5.41) is 6.43. The van der Waals surface area contributed by atoms with Crippen LogP contribution in [0.3, 0.4) is 0 Å². The number of aromatic nitrogens is 1. The Morgan fingerprint density at radius 2 is 1.80 bits per heavy atom. The highest BCUT2D eigenvalue weighted by atomic mass is 31.2. The van der Waals surface area contributed by atoms with Crippen molar-refractivity contribution in [3.63, 3.8) is 0 Å². The molecular weight excluding hydrogens is 310 g/mol. The van der Waals surface area contributed by atoms with Crippen molar-refractivity contribution in [2.24, 2.45) is 4.99 Å². The minimum atomic E-state index is -5.46. The molecule has 110 valence electrons. The standard InChI is InChI=1S/C9H12N2O7P2/c12-9(19(13,14)15,20(16,17)18)5-7-6-10-8-3-1-2-4-11(7)8/h1-4,6-7,12H,5H2,(H3-,13,14,15,16,17,18)/p+1. The number of hydrogen-bond donors (Lipinski definition) is 5. The number of pyridine rings is 1. The van der Waals surface area contributed by atoms with E-state index in [2.05, 4.69) is 4.99 Å². The lowest BCUT2D eigenvalue weighted by Crippen LogP contribution is -2.42. The maximum Gasteiger partial charge on any atom is 0.369 e. The molecule has 2 heterocycles. The second-order valence-electron chi connectivity index (χ2n) is 4.38. The van der Waals surface area contributed by atoms with Gasteiger partial charge in [-0.1, -0.05) is 6.07 Å². The van der Waals surface area contributed by atoms with Crippen molar-refractivity contribution in [2.75, 3.05) is 0 Å². The number of hydrogen-bond acceptors (Lipinski definition) is 4. The van der Waals surface area contributed by atoms with Gasteiger partial charge < -0.3 is 24.7 Å². The molecule has 0 spiro atoms. The van der Waals surface area contributed by atoms with E-state index in [-0.39, 0.29) is 0 Å². The van der Waals surface area contributed by atoms with Crippen LogP contribution in [0.2, 0.25) is 0 Å². The Labute approximate surface area is 113 Å². The molecule has 0 aromatic carbocycles. The monoisotopic (exact) mass is 323 g/mol. The minimum absolute atomic E-state index is 0.455. The van der Waals surface area contributed by atoms with Crippen LogP contribution in [-0.2, 0) is 9.13 Å². The van der Waals surface area contributed by atoms with Crippen LogP contribution in [-0.4, -0.2) is 36.0 Å². The van der Waals surface area contributed by atoms with E-state index in [1.54, 1.807) is 18.2 Å². The molecule has 0 saturated heterocycles. The number of rotatable bonds is 4. The Hall–Kier alpha value is -0.920. The Kier molecular flexibility index (Phi) is 3.73. The zero-order chi connectivity index (χ0) is 15.2. The minimum Gasteiger partial charge on any atom is -0.367 e. The molecule has 0 bridgehead atoms. The van der Waals surface area contributed by atoms with Crippen LogP contribution in [0.5, 0.6) is 0 Å². The summed E-state index contributed by atoms with van der Waals surface area (Å²) < 4.78 is 24.1. The molecule has 9 nitrogen and oxygen atoms in total.